The van der Waals surface area contributed by atoms with Gasteiger partial charge >= 0.3 is 0 Å². The van der Waals surface area contributed by atoms with Crippen molar-refractivity contribution in [2.24, 2.45) is 0 Å². The summed E-state index contributed by atoms with van der Waals surface area (Å²) < 4.78 is 5.03. The molecule has 0 fully saturated rings. The quantitative estimate of drug-likeness (QED) is 0.660. The van der Waals surface area contributed by atoms with Crippen molar-refractivity contribution in [3.05, 3.63) is 29.3 Å². The van der Waals surface area contributed by atoms with E-state index in [0.717, 1.165) is 11.3 Å². The zero-order valence-electron chi connectivity index (χ0n) is 6.93. The standard InChI is InChI=1S/C9H9ClO2/c1-6-5-7(9(10)11)3-4-8(6)12-2/h3-5H,1-2H3. The first-order chi connectivity index (χ1) is 5.65. The van der Waals surface area contributed by atoms with Crippen LogP contribution in [-0.2, 0) is 0 Å². The number of hydrogen-bond acceptors (Lipinski definition) is 2. The molecule has 1 rings (SSSR count). The van der Waals surface area contributed by atoms with Gasteiger partial charge in [0.2, 0.25) is 0 Å². The van der Waals surface area contributed by atoms with E-state index in [1.54, 1.807) is 25.3 Å². The number of methoxy groups -OCH3 is 1. The molecule has 0 bridgehead atoms. The van der Waals surface area contributed by atoms with Gasteiger partial charge in [-0.3, -0.25) is 4.79 Å². The van der Waals surface area contributed by atoms with Crippen molar-refractivity contribution in [1.82, 2.24) is 0 Å². The predicted octanol–water partition coefficient (Wildman–Crippen LogP) is 2.38. The summed E-state index contributed by atoms with van der Waals surface area (Å²) in [5.74, 6) is 0.761. The lowest BCUT2D eigenvalue weighted by Crippen LogP contribution is -1.92. The molecule has 0 spiro atoms. The van der Waals surface area contributed by atoms with Gasteiger partial charge in [-0.2, -0.15) is 0 Å². The second-order valence-electron chi connectivity index (χ2n) is 2.46. The third kappa shape index (κ3) is 1.77. The van der Waals surface area contributed by atoms with Crippen molar-refractivity contribution >= 4 is 16.8 Å². The molecule has 0 N–H and O–H groups in total. The smallest absolute Gasteiger partial charge is 0.252 e. The van der Waals surface area contributed by atoms with E-state index in [1.165, 1.54) is 0 Å². The maximum atomic E-state index is 10.7. The number of aryl methyl sites for hydroxylation is 1. The molecule has 3 heteroatoms. The molecular formula is C9H9ClO2. The summed E-state index contributed by atoms with van der Waals surface area (Å²) in [5.41, 5.74) is 1.40. The first-order valence-corrected chi connectivity index (χ1v) is 3.87. The van der Waals surface area contributed by atoms with Crippen LogP contribution >= 0.6 is 11.6 Å². The molecular weight excluding hydrogens is 176 g/mol. The summed E-state index contributed by atoms with van der Waals surface area (Å²) in [6, 6.07) is 5.07. The molecule has 0 unspecified atom stereocenters. The maximum Gasteiger partial charge on any atom is 0.252 e. The highest BCUT2D eigenvalue weighted by Crippen LogP contribution is 2.19. The van der Waals surface area contributed by atoms with Crippen molar-refractivity contribution in [3.8, 4) is 5.75 Å². The number of ether oxygens (including phenoxy) is 1. The molecule has 0 amide bonds. The van der Waals surface area contributed by atoms with Crippen LogP contribution in [0.25, 0.3) is 0 Å². The summed E-state index contributed by atoms with van der Waals surface area (Å²) in [5, 5.41) is -0.444. The number of halogens is 1. The Kier molecular flexibility index (Phi) is 2.71. The molecule has 0 atom stereocenters. The van der Waals surface area contributed by atoms with Crippen molar-refractivity contribution in [2.45, 2.75) is 6.92 Å². The largest absolute Gasteiger partial charge is 0.496 e. The van der Waals surface area contributed by atoms with Crippen LogP contribution in [0.3, 0.4) is 0 Å². The van der Waals surface area contributed by atoms with Crippen LogP contribution in [0.5, 0.6) is 5.75 Å². The van der Waals surface area contributed by atoms with Crippen molar-refractivity contribution in [2.75, 3.05) is 7.11 Å². The van der Waals surface area contributed by atoms with Gasteiger partial charge in [0.1, 0.15) is 5.75 Å². The summed E-state index contributed by atoms with van der Waals surface area (Å²) in [4.78, 5) is 10.7. The van der Waals surface area contributed by atoms with Crippen LogP contribution in [0.4, 0.5) is 0 Å². The van der Waals surface area contributed by atoms with E-state index in [0.29, 0.717) is 5.56 Å². The molecule has 0 saturated carbocycles. The number of benzene rings is 1. The van der Waals surface area contributed by atoms with Crippen LogP contribution in [-0.4, -0.2) is 12.4 Å². The highest BCUT2D eigenvalue weighted by atomic mass is 35.5. The Morgan fingerprint density at radius 1 is 1.50 bits per heavy atom. The highest BCUT2D eigenvalue weighted by Gasteiger charge is 2.04. The number of carbonyl (C=O) groups is 1. The van der Waals surface area contributed by atoms with Gasteiger partial charge in [-0.05, 0) is 42.3 Å². The highest BCUT2D eigenvalue weighted by molar-refractivity contribution is 6.67. The lowest BCUT2D eigenvalue weighted by molar-refractivity contribution is 0.108. The second kappa shape index (κ2) is 3.59. The fraction of sp³-hybridized carbons (Fsp3) is 0.222. The molecule has 2 nitrogen and oxygen atoms in total. The predicted molar refractivity (Wildman–Crippen MR) is 47.9 cm³/mol. The average molecular weight is 185 g/mol. The van der Waals surface area contributed by atoms with E-state index in [4.69, 9.17) is 16.3 Å². The Balaban J connectivity index is 3.10. The first-order valence-electron chi connectivity index (χ1n) is 3.49. The van der Waals surface area contributed by atoms with Gasteiger partial charge in [0.25, 0.3) is 5.24 Å². The van der Waals surface area contributed by atoms with Crippen LogP contribution in [0.1, 0.15) is 15.9 Å². The van der Waals surface area contributed by atoms with Gasteiger partial charge in [-0.25, -0.2) is 0 Å². The van der Waals surface area contributed by atoms with Gasteiger partial charge in [-0.15, -0.1) is 0 Å². The van der Waals surface area contributed by atoms with Crippen LogP contribution in [0, 0.1) is 6.92 Å². The second-order valence-corrected chi connectivity index (χ2v) is 2.80. The van der Waals surface area contributed by atoms with Gasteiger partial charge < -0.3 is 4.74 Å². The van der Waals surface area contributed by atoms with E-state index in [-0.39, 0.29) is 0 Å². The minimum Gasteiger partial charge on any atom is -0.496 e. The molecule has 0 aliphatic heterocycles. The Hall–Kier alpha value is -1.02. The maximum absolute atomic E-state index is 10.7. The molecule has 0 saturated heterocycles. The molecule has 64 valence electrons. The van der Waals surface area contributed by atoms with Crippen LogP contribution in [0.2, 0.25) is 0 Å². The Bertz CT molecular complexity index is 307. The Labute approximate surface area is 76.1 Å². The fourth-order valence-corrected chi connectivity index (χ4v) is 1.12. The summed E-state index contributed by atoms with van der Waals surface area (Å²) >= 11 is 5.29. The molecule has 0 aliphatic carbocycles. The number of rotatable bonds is 2. The van der Waals surface area contributed by atoms with E-state index in [2.05, 4.69) is 0 Å². The Morgan fingerprint density at radius 3 is 2.58 bits per heavy atom. The van der Waals surface area contributed by atoms with Gasteiger partial charge in [-0.1, -0.05) is 0 Å². The lowest BCUT2D eigenvalue weighted by atomic mass is 10.1. The minimum atomic E-state index is -0.444. The van der Waals surface area contributed by atoms with Gasteiger partial charge in [0, 0.05) is 5.56 Å². The monoisotopic (exact) mass is 184 g/mol. The molecule has 12 heavy (non-hydrogen) atoms. The molecule has 0 aromatic heterocycles. The third-order valence-electron chi connectivity index (χ3n) is 1.62. The van der Waals surface area contributed by atoms with E-state index >= 15 is 0 Å². The first kappa shape index (κ1) is 9.07. The zero-order chi connectivity index (χ0) is 9.14. The van der Waals surface area contributed by atoms with Crippen molar-refractivity contribution < 1.29 is 9.53 Å². The van der Waals surface area contributed by atoms with Crippen LogP contribution < -0.4 is 4.74 Å². The SMILES string of the molecule is COc1ccc(C(=O)Cl)cc1C. The Morgan fingerprint density at radius 2 is 2.17 bits per heavy atom. The number of hydrogen-bond donors (Lipinski definition) is 0. The molecule has 1 aromatic rings. The van der Waals surface area contributed by atoms with E-state index < -0.39 is 5.24 Å². The van der Waals surface area contributed by atoms with E-state index in [9.17, 15) is 4.79 Å². The van der Waals surface area contributed by atoms with Crippen molar-refractivity contribution in [1.29, 1.82) is 0 Å². The molecule has 1 aromatic carbocycles. The lowest BCUT2D eigenvalue weighted by Gasteiger charge is -2.04. The van der Waals surface area contributed by atoms with Gasteiger partial charge in [0.15, 0.2) is 0 Å². The fourth-order valence-electron chi connectivity index (χ4n) is 1.00. The normalized spacial score (nSPS) is 9.58. The molecule has 0 heterocycles. The third-order valence-corrected chi connectivity index (χ3v) is 1.84. The van der Waals surface area contributed by atoms with Crippen molar-refractivity contribution in [3.63, 3.8) is 0 Å². The average Bonchev–Trinajstić information content (AvgIpc) is 2.04. The van der Waals surface area contributed by atoms with Crippen LogP contribution in [0.15, 0.2) is 18.2 Å². The number of carbonyl (C=O) groups excluding carboxylic acids is 1. The molecule has 0 radical (unpaired) electrons. The summed E-state index contributed by atoms with van der Waals surface area (Å²) in [6.07, 6.45) is 0. The topological polar surface area (TPSA) is 26.3 Å². The molecule has 0 aliphatic rings. The minimum absolute atomic E-state index is 0.444. The van der Waals surface area contributed by atoms with E-state index in [1.807, 2.05) is 6.92 Å². The van der Waals surface area contributed by atoms with Gasteiger partial charge in [0.05, 0.1) is 7.11 Å². The summed E-state index contributed by atoms with van der Waals surface area (Å²) in [7, 11) is 1.59. The summed E-state index contributed by atoms with van der Waals surface area (Å²) in [6.45, 7) is 1.86. The zero-order valence-corrected chi connectivity index (χ0v) is 7.68.